The van der Waals surface area contributed by atoms with Crippen molar-refractivity contribution < 1.29 is 14.3 Å². The third-order valence-corrected chi connectivity index (χ3v) is 5.29. The van der Waals surface area contributed by atoms with Crippen LogP contribution in [0.5, 0.6) is 0 Å². The summed E-state index contributed by atoms with van der Waals surface area (Å²) in [7, 11) is 0. The van der Waals surface area contributed by atoms with Gasteiger partial charge in [-0.15, -0.1) is 0 Å². The SMILES string of the molecule is C[C@@H]1C[C@H](C)CN(C(=O)CN[C@@H]2CCN(C(=O)OC(C)(C)C)C[C@H]2C)C1. The minimum absolute atomic E-state index is 0.199. The Labute approximate surface area is 158 Å². The zero-order valence-electron chi connectivity index (χ0n) is 17.4. The van der Waals surface area contributed by atoms with E-state index in [1.807, 2.05) is 25.7 Å². The molecule has 6 heteroatoms. The molecule has 2 rings (SSSR count). The van der Waals surface area contributed by atoms with E-state index >= 15 is 0 Å². The summed E-state index contributed by atoms with van der Waals surface area (Å²) in [4.78, 5) is 28.6. The van der Waals surface area contributed by atoms with Crippen molar-refractivity contribution in [1.82, 2.24) is 15.1 Å². The standard InChI is InChI=1S/C20H37N3O3/c1-14-9-15(2)12-23(11-14)18(24)10-21-17-7-8-22(13-16(17)3)19(25)26-20(4,5)6/h14-17,21H,7-13H2,1-6H3/t14-,15+,16-,17-/m1/s1. The Kier molecular flexibility index (Phi) is 6.94. The first-order valence-electron chi connectivity index (χ1n) is 10.0. The van der Waals surface area contributed by atoms with Crippen LogP contribution in [0.25, 0.3) is 0 Å². The van der Waals surface area contributed by atoms with Crippen molar-refractivity contribution in [2.24, 2.45) is 17.8 Å². The van der Waals surface area contributed by atoms with Crippen LogP contribution in [0.1, 0.15) is 54.4 Å². The van der Waals surface area contributed by atoms with Gasteiger partial charge < -0.3 is 19.9 Å². The molecule has 2 aliphatic heterocycles. The molecular weight excluding hydrogens is 330 g/mol. The third kappa shape index (κ3) is 6.15. The average Bonchev–Trinajstić information content (AvgIpc) is 2.50. The molecule has 0 aliphatic carbocycles. The van der Waals surface area contributed by atoms with Gasteiger partial charge in [0.2, 0.25) is 5.91 Å². The number of rotatable bonds is 3. The molecule has 0 aromatic carbocycles. The van der Waals surface area contributed by atoms with Crippen LogP contribution < -0.4 is 5.32 Å². The van der Waals surface area contributed by atoms with E-state index in [4.69, 9.17) is 4.74 Å². The van der Waals surface area contributed by atoms with Crippen LogP contribution in [0, 0.1) is 17.8 Å². The largest absolute Gasteiger partial charge is 0.444 e. The van der Waals surface area contributed by atoms with Gasteiger partial charge in [-0.1, -0.05) is 20.8 Å². The van der Waals surface area contributed by atoms with Gasteiger partial charge in [0.25, 0.3) is 0 Å². The summed E-state index contributed by atoms with van der Waals surface area (Å²) in [5.74, 6) is 1.66. The van der Waals surface area contributed by atoms with E-state index in [0.717, 1.165) is 19.5 Å². The lowest BCUT2D eigenvalue weighted by molar-refractivity contribution is -0.133. The second-order valence-corrected chi connectivity index (χ2v) is 9.42. The van der Waals surface area contributed by atoms with Gasteiger partial charge in [-0.25, -0.2) is 4.79 Å². The number of nitrogens with zero attached hydrogens (tertiary/aromatic N) is 2. The van der Waals surface area contributed by atoms with E-state index in [1.54, 1.807) is 4.90 Å². The van der Waals surface area contributed by atoms with Crippen LogP contribution >= 0.6 is 0 Å². The van der Waals surface area contributed by atoms with Crippen LogP contribution in [-0.4, -0.2) is 66.2 Å². The van der Waals surface area contributed by atoms with Crippen molar-refractivity contribution in [3.63, 3.8) is 0 Å². The van der Waals surface area contributed by atoms with E-state index < -0.39 is 5.60 Å². The average molecular weight is 368 g/mol. The number of nitrogens with one attached hydrogen (secondary N) is 1. The number of likely N-dealkylation sites (tertiary alicyclic amines) is 2. The summed E-state index contributed by atoms with van der Waals surface area (Å²) < 4.78 is 5.46. The molecule has 0 radical (unpaired) electrons. The maximum Gasteiger partial charge on any atom is 0.410 e. The number of piperidine rings is 2. The highest BCUT2D eigenvalue weighted by Crippen LogP contribution is 2.22. The van der Waals surface area contributed by atoms with Crippen molar-refractivity contribution in [2.75, 3.05) is 32.7 Å². The van der Waals surface area contributed by atoms with Crippen LogP contribution in [0.3, 0.4) is 0 Å². The van der Waals surface area contributed by atoms with Gasteiger partial charge in [0, 0.05) is 32.2 Å². The quantitative estimate of drug-likeness (QED) is 0.833. The fourth-order valence-electron chi connectivity index (χ4n) is 4.14. The highest BCUT2D eigenvalue weighted by atomic mass is 16.6. The van der Waals surface area contributed by atoms with Gasteiger partial charge in [0.05, 0.1) is 6.54 Å². The van der Waals surface area contributed by atoms with Crippen LogP contribution in [0.15, 0.2) is 0 Å². The molecule has 6 nitrogen and oxygen atoms in total. The van der Waals surface area contributed by atoms with E-state index in [-0.39, 0.29) is 18.0 Å². The molecule has 2 heterocycles. The number of carbonyl (C=O) groups is 2. The summed E-state index contributed by atoms with van der Waals surface area (Å²) in [6.07, 6.45) is 1.81. The number of ether oxygens (including phenoxy) is 1. The van der Waals surface area contributed by atoms with Crippen molar-refractivity contribution in [1.29, 1.82) is 0 Å². The monoisotopic (exact) mass is 367 g/mol. The maximum absolute atomic E-state index is 12.5. The Hall–Kier alpha value is -1.30. The van der Waals surface area contributed by atoms with E-state index in [2.05, 4.69) is 26.1 Å². The molecule has 26 heavy (non-hydrogen) atoms. The smallest absolute Gasteiger partial charge is 0.410 e. The molecule has 2 fully saturated rings. The molecular formula is C20H37N3O3. The lowest BCUT2D eigenvalue weighted by atomic mass is 9.91. The van der Waals surface area contributed by atoms with E-state index in [1.165, 1.54) is 6.42 Å². The molecule has 0 unspecified atom stereocenters. The number of hydrogen-bond donors (Lipinski definition) is 1. The predicted octanol–water partition coefficient (Wildman–Crippen LogP) is 2.73. The first kappa shape index (κ1) is 21.0. The topological polar surface area (TPSA) is 61.9 Å². The van der Waals surface area contributed by atoms with Gasteiger partial charge in [0.1, 0.15) is 5.60 Å². The molecule has 0 aromatic heterocycles. The Morgan fingerprint density at radius 1 is 1.04 bits per heavy atom. The Morgan fingerprint density at radius 3 is 2.19 bits per heavy atom. The fourth-order valence-corrected chi connectivity index (χ4v) is 4.14. The zero-order valence-corrected chi connectivity index (χ0v) is 17.4. The van der Waals surface area contributed by atoms with Crippen molar-refractivity contribution in [2.45, 2.75) is 66.0 Å². The first-order valence-corrected chi connectivity index (χ1v) is 10.0. The summed E-state index contributed by atoms with van der Waals surface area (Å²) >= 11 is 0. The molecule has 0 bridgehead atoms. The van der Waals surface area contributed by atoms with E-state index in [9.17, 15) is 9.59 Å². The Balaban J connectivity index is 1.77. The van der Waals surface area contributed by atoms with Gasteiger partial charge >= 0.3 is 6.09 Å². The molecule has 2 amide bonds. The highest BCUT2D eigenvalue weighted by molar-refractivity contribution is 5.78. The van der Waals surface area contributed by atoms with Gasteiger partial charge in [-0.3, -0.25) is 4.79 Å². The highest BCUT2D eigenvalue weighted by Gasteiger charge is 2.32. The minimum Gasteiger partial charge on any atom is -0.444 e. The number of hydrogen-bond acceptors (Lipinski definition) is 4. The van der Waals surface area contributed by atoms with Crippen molar-refractivity contribution >= 4 is 12.0 Å². The molecule has 150 valence electrons. The molecule has 4 atom stereocenters. The summed E-state index contributed by atoms with van der Waals surface area (Å²) in [5.41, 5.74) is -0.468. The third-order valence-electron chi connectivity index (χ3n) is 5.29. The molecule has 0 saturated carbocycles. The Morgan fingerprint density at radius 2 is 1.65 bits per heavy atom. The van der Waals surface area contributed by atoms with Crippen molar-refractivity contribution in [3.8, 4) is 0 Å². The lowest BCUT2D eigenvalue weighted by Crippen LogP contribution is -2.53. The van der Waals surface area contributed by atoms with Crippen LogP contribution in [0.4, 0.5) is 4.79 Å². The summed E-state index contributed by atoms with van der Waals surface area (Å²) in [6.45, 7) is 15.7. The van der Waals surface area contributed by atoms with E-state index in [0.29, 0.717) is 37.4 Å². The van der Waals surface area contributed by atoms with Crippen molar-refractivity contribution in [3.05, 3.63) is 0 Å². The summed E-state index contributed by atoms with van der Waals surface area (Å²) in [6, 6.07) is 0.261. The second kappa shape index (κ2) is 8.59. The molecule has 1 N–H and O–H groups in total. The van der Waals surface area contributed by atoms with Gasteiger partial charge in [-0.2, -0.15) is 0 Å². The Bertz CT molecular complexity index is 493. The zero-order chi connectivity index (χ0) is 19.5. The number of carbonyl (C=O) groups excluding carboxylic acids is 2. The minimum atomic E-state index is -0.468. The van der Waals surface area contributed by atoms with Gasteiger partial charge in [0.15, 0.2) is 0 Å². The normalized spacial score (nSPS) is 30.2. The molecule has 0 aromatic rings. The maximum atomic E-state index is 12.5. The molecule has 2 aliphatic rings. The number of amides is 2. The fraction of sp³-hybridized carbons (Fsp3) is 0.900. The second-order valence-electron chi connectivity index (χ2n) is 9.42. The lowest BCUT2D eigenvalue weighted by Gasteiger charge is -2.39. The molecule has 2 saturated heterocycles. The van der Waals surface area contributed by atoms with Crippen LogP contribution in [-0.2, 0) is 9.53 Å². The summed E-state index contributed by atoms with van der Waals surface area (Å²) in [5, 5.41) is 3.44. The predicted molar refractivity (Wildman–Crippen MR) is 103 cm³/mol. The molecule has 0 spiro atoms. The first-order chi connectivity index (χ1) is 12.0. The van der Waals surface area contributed by atoms with Gasteiger partial charge in [-0.05, 0) is 51.4 Å². The van der Waals surface area contributed by atoms with Crippen LogP contribution in [0.2, 0.25) is 0 Å².